The number of phenols is 1. The van der Waals surface area contributed by atoms with Crippen molar-refractivity contribution in [3.05, 3.63) is 30.1 Å². The van der Waals surface area contributed by atoms with E-state index < -0.39 is 17.7 Å². The molecule has 104 valence electrons. The largest absolute Gasteiger partial charge is 0.505 e. The standard InChI is InChI=1S/C11H11N5O4/c1-16-10(12-5-13-16)15-11(20)14-7-4-2-3-6(8(7)17)9(18)19/h2-5,17H,1H3,(H,18,19)(H2,12,13,14,15,20). The van der Waals surface area contributed by atoms with Gasteiger partial charge in [-0.05, 0) is 12.1 Å². The quantitative estimate of drug-likeness (QED) is 0.616. The lowest BCUT2D eigenvalue weighted by molar-refractivity contribution is 0.0694. The fourth-order valence-electron chi connectivity index (χ4n) is 1.48. The highest BCUT2D eigenvalue weighted by Gasteiger charge is 2.15. The molecule has 0 aliphatic carbocycles. The number of para-hydroxylation sites is 1. The van der Waals surface area contributed by atoms with Crippen molar-refractivity contribution >= 4 is 23.6 Å². The van der Waals surface area contributed by atoms with Crippen LogP contribution in [0.5, 0.6) is 5.75 Å². The van der Waals surface area contributed by atoms with Gasteiger partial charge in [-0.15, -0.1) is 0 Å². The van der Waals surface area contributed by atoms with E-state index in [4.69, 9.17) is 5.11 Å². The van der Waals surface area contributed by atoms with Gasteiger partial charge < -0.3 is 15.5 Å². The molecule has 0 spiro atoms. The van der Waals surface area contributed by atoms with E-state index >= 15 is 0 Å². The van der Waals surface area contributed by atoms with Gasteiger partial charge in [0, 0.05) is 7.05 Å². The molecule has 0 saturated heterocycles. The zero-order chi connectivity index (χ0) is 14.7. The summed E-state index contributed by atoms with van der Waals surface area (Å²) in [5.41, 5.74) is -0.328. The number of anilines is 2. The summed E-state index contributed by atoms with van der Waals surface area (Å²) in [6.45, 7) is 0. The number of aryl methyl sites for hydroxylation is 1. The number of benzene rings is 1. The average molecular weight is 277 g/mol. The number of carboxylic acids is 1. The lowest BCUT2D eigenvalue weighted by atomic mass is 10.2. The maximum atomic E-state index is 11.7. The van der Waals surface area contributed by atoms with E-state index in [1.54, 1.807) is 7.05 Å². The summed E-state index contributed by atoms with van der Waals surface area (Å²) in [6, 6.07) is 3.32. The predicted octanol–water partition coefficient (Wildman–Crippen LogP) is 0.863. The van der Waals surface area contributed by atoms with Crippen LogP contribution in [0.25, 0.3) is 0 Å². The molecule has 9 nitrogen and oxygen atoms in total. The first-order valence-electron chi connectivity index (χ1n) is 5.46. The van der Waals surface area contributed by atoms with Crippen LogP contribution in [-0.4, -0.2) is 37.0 Å². The number of carbonyl (C=O) groups excluding carboxylic acids is 1. The molecule has 1 heterocycles. The fourth-order valence-corrected chi connectivity index (χ4v) is 1.48. The Balaban J connectivity index is 2.14. The number of carbonyl (C=O) groups is 2. The van der Waals surface area contributed by atoms with E-state index in [9.17, 15) is 14.7 Å². The molecule has 9 heteroatoms. The Morgan fingerprint density at radius 1 is 1.30 bits per heavy atom. The third-order valence-corrected chi connectivity index (χ3v) is 2.45. The molecule has 2 aromatic rings. The molecule has 0 bridgehead atoms. The number of rotatable bonds is 3. The van der Waals surface area contributed by atoms with Crippen molar-refractivity contribution in [2.45, 2.75) is 0 Å². The second-order valence-electron chi connectivity index (χ2n) is 3.79. The second kappa shape index (κ2) is 5.26. The number of aromatic hydroxyl groups is 1. The molecule has 0 saturated carbocycles. The molecular weight excluding hydrogens is 266 g/mol. The first kappa shape index (κ1) is 13.3. The average Bonchev–Trinajstić information content (AvgIpc) is 2.77. The van der Waals surface area contributed by atoms with Crippen molar-refractivity contribution in [2.75, 3.05) is 10.6 Å². The van der Waals surface area contributed by atoms with E-state index in [1.165, 1.54) is 29.2 Å². The van der Waals surface area contributed by atoms with Gasteiger partial charge in [0.15, 0.2) is 5.75 Å². The number of nitrogens with zero attached hydrogens (tertiary/aromatic N) is 3. The molecule has 2 rings (SSSR count). The first-order valence-corrected chi connectivity index (χ1v) is 5.46. The minimum absolute atomic E-state index is 0.0235. The Morgan fingerprint density at radius 3 is 2.65 bits per heavy atom. The van der Waals surface area contributed by atoms with E-state index in [0.717, 1.165) is 0 Å². The Labute approximate surface area is 112 Å². The van der Waals surface area contributed by atoms with Crippen LogP contribution in [0.4, 0.5) is 16.4 Å². The van der Waals surface area contributed by atoms with E-state index in [-0.39, 0.29) is 17.2 Å². The van der Waals surface area contributed by atoms with Gasteiger partial charge in [-0.1, -0.05) is 6.07 Å². The second-order valence-corrected chi connectivity index (χ2v) is 3.79. The van der Waals surface area contributed by atoms with Crippen LogP contribution in [0.2, 0.25) is 0 Å². The summed E-state index contributed by atoms with van der Waals surface area (Å²) in [6.07, 6.45) is 1.26. The van der Waals surface area contributed by atoms with Crippen LogP contribution >= 0.6 is 0 Å². The van der Waals surface area contributed by atoms with Gasteiger partial charge in [-0.2, -0.15) is 10.1 Å². The Hall–Kier alpha value is -3.10. The van der Waals surface area contributed by atoms with Crippen LogP contribution in [0.15, 0.2) is 24.5 Å². The monoisotopic (exact) mass is 277 g/mol. The number of hydrogen-bond acceptors (Lipinski definition) is 5. The van der Waals surface area contributed by atoms with Crippen molar-refractivity contribution in [1.29, 1.82) is 0 Å². The van der Waals surface area contributed by atoms with Crippen LogP contribution in [0, 0.1) is 0 Å². The SMILES string of the molecule is Cn1ncnc1NC(=O)Nc1cccc(C(=O)O)c1O. The number of hydrogen-bond donors (Lipinski definition) is 4. The molecule has 4 N–H and O–H groups in total. The number of aromatic nitrogens is 3. The van der Waals surface area contributed by atoms with Gasteiger partial charge in [0.25, 0.3) is 0 Å². The van der Waals surface area contributed by atoms with Crippen LogP contribution in [-0.2, 0) is 7.05 Å². The van der Waals surface area contributed by atoms with Crippen LogP contribution in [0.1, 0.15) is 10.4 Å². The Bertz CT molecular complexity index is 667. The summed E-state index contributed by atoms with van der Waals surface area (Å²) in [5.74, 6) is -1.61. The molecule has 0 unspecified atom stereocenters. The highest BCUT2D eigenvalue weighted by atomic mass is 16.4. The number of carboxylic acid groups (broad SMARTS) is 1. The molecular formula is C11H11N5O4. The number of aromatic carboxylic acids is 1. The highest BCUT2D eigenvalue weighted by molar-refractivity contribution is 6.01. The molecule has 0 aliphatic rings. The summed E-state index contributed by atoms with van der Waals surface area (Å²) in [7, 11) is 1.59. The Morgan fingerprint density at radius 2 is 2.05 bits per heavy atom. The van der Waals surface area contributed by atoms with Gasteiger partial charge in [-0.3, -0.25) is 5.32 Å². The minimum atomic E-state index is -1.29. The zero-order valence-corrected chi connectivity index (χ0v) is 10.4. The van der Waals surface area contributed by atoms with E-state index in [1.807, 2.05) is 0 Å². The van der Waals surface area contributed by atoms with Crippen molar-refractivity contribution < 1.29 is 19.8 Å². The molecule has 20 heavy (non-hydrogen) atoms. The van der Waals surface area contributed by atoms with Gasteiger partial charge in [0.05, 0.1) is 5.69 Å². The van der Waals surface area contributed by atoms with Crippen LogP contribution < -0.4 is 10.6 Å². The van der Waals surface area contributed by atoms with Crippen molar-refractivity contribution in [1.82, 2.24) is 14.8 Å². The van der Waals surface area contributed by atoms with Crippen LogP contribution in [0.3, 0.4) is 0 Å². The number of urea groups is 1. The zero-order valence-electron chi connectivity index (χ0n) is 10.4. The Kier molecular flexibility index (Phi) is 3.51. The molecule has 0 radical (unpaired) electrons. The molecule has 1 aromatic carbocycles. The van der Waals surface area contributed by atoms with Gasteiger partial charge in [-0.25, -0.2) is 14.3 Å². The fraction of sp³-hybridized carbons (Fsp3) is 0.0909. The molecule has 2 amide bonds. The smallest absolute Gasteiger partial charge is 0.339 e. The minimum Gasteiger partial charge on any atom is -0.505 e. The molecule has 0 fully saturated rings. The highest BCUT2D eigenvalue weighted by Crippen LogP contribution is 2.27. The van der Waals surface area contributed by atoms with Gasteiger partial charge in [0.2, 0.25) is 5.95 Å². The third kappa shape index (κ3) is 2.66. The molecule has 1 aromatic heterocycles. The van der Waals surface area contributed by atoms with Crippen molar-refractivity contribution in [3.63, 3.8) is 0 Å². The molecule has 0 atom stereocenters. The van der Waals surface area contributed by atoms with E-state index in [0.29, 0.717) is 0 Å². The lowest BCUT2D eigenvalue weighted by Gasteiger charge is -2.09. The molecule has 0 aliphatic heterocycles. The summed E-state index contributed by atoms with van der Waals surface area (Å²) >= 11 is 0. The summed E-state index contributed by atoms with van der Waals surface area (Å²) < 4.78 is 1.34. The van der Waals surface area contributed by atoms with Gasteiger partial charge in [0.1, 0.15) is 11.9 Å². The van der Waals surface area contributed by atoms with Crippen molar-refractivity contribution in [3.8, 4) is 5.75 Å². The summed E-state index contributed by atoms with van der Waals surface area (Å²) in [5, 5.41) is 27.1. The predicted molar refractivity (Wildman–Crippen MR) is 68.7 cm³/mol. The summed E-state index contributed by atoms with van der Waals surface area (Å²) in [4.78, 5) is 26.3. The first-order chi connectivity index (χ1) is 9.49. The normalized spacial score (nSPS) is 10.1. The third-order valence-electron chi connectivity index (χ3n) is 2.45. The number of amides is 2. The maximum absolute atomic E-state index is 11.7. The number of nitrogens with one attached hydrogen (secondary N) is 2. The van der Waals surface area contributed by atoms with Crippen molar-refractivity contribution in [2.24, 2.45) is 7.05 Å². The maximum Gasteiger partial charge on any atom is 0.339 e. The van der Waals surface area contributed by atoms with E-state index in [2.05, 4.69) is 20.7 Å². The van der Waals surface area contributed by atoms with Gasteiger partial charge >= 0.3 is 12.0 Å². The topological polar surface area (TPSA) is 129 Å². The lowest BCUT2D eigenvalue weighted by Crippen LogP contribution is -2.22.